The minimum absolute atomic E-state index is 0.307. The predicted molar refractivity (Wildman–Crippen MR) is 62.2 cm³/mol. The molecular formula is C12H12N2O2. The minimum atomic E-state index is -0.307. The highest BCUT2D eigenvalue weighted by Gasteiger charge is 2.10. The van der Waals surface area contributed by atoms with Crippen LogP contribution in [0.4, 0.5) is 0 Å². The summed E-state index contributed by atoms with van der Waals surface area (Å²) in [6.07, 6.45) is 0. The first kappa shape index (κ1) is 10.4. The summed E-state index contributed by atoms with van der Waals surface area (Å²) < 4.78 is 5.23. The van der Waals surface area contributed by atoms with Crippen molar-refractivity contribution in [1.82, 2.24) is 5.43 Å². The Morgan fingerprint density at radius 3 is 2.50 bits per heavy atom. The number of carbonyl (C=O) groups is 1. The predicted octanol–water partition coefficient (Wildman–Crippen LogP) is 1.45. The van der Waals surface area contributed by atoms with Crippen LogP contribution in [0.2, 0.25) is 0 Å². The standard InChI is InChI=1S/C12H12N2O2/c1-16-11-7-6-10(12(15)14-13)8-4-2-3-5-9(8)11/h2-7H,13H2,1H3,(H,14,15). The van der Waals surface area contributed by atoms with Gasteiger partial charge in [-0.2, -0.15) is 0 Å². The molecule has 0 aliphatic carbocycles. The number of benzene rings is 2. The van der Waals surface area contributed by atoms with Crippen molar-refractivity contribution in [2.24, 2.45) is 5.84 Å². The first-order chi connectivity index (χ1) is 7.77. The molecule has 2 aromatic rings. The van der Waals surface area contributed by atoms with Gasteiger partial charge in [-0.1, -0.05) is 24.3 Å². The van der Waals surface area contributed by atoms with E-state index in [1.165, 1.54) is 0 Å². The number of hydrogen-bond donors (Lipinski definition) is 2. The first-order valence-electron chi connectivity index (χ1n) is 4.84. The van der Waals surface area contributed by atoms with E-state index in [0.717, 1.165) is 16.5 Å². The van der Waals surface area contributed by atoms with E-state index >= 15 is 0 Å². The van der Waals surface area contributed by atoms with E-state index < -0.39 is 0 Å². The molecule has 0 atom stereocenters. The van der Waals surface area contributed by atoms with Crippen LogP contribution in [0, 0.1) is 0 Å². The molecule has 0 bridgehead atoms. The average molecular weight is 216 g/mol. The van der Waals surface area contributed by atoms with E-state index in [4.69, 9.17) is 10.6 Å². The largest absolute Gasteiger partial charge is 0.496 e. The fraction of sp³-hybridized carbons (Fsp3) is 0.0833. The summed E-state index contributed by atoms with van der Waals surface area (Å²) in [6.45, 7) is 0. The van der Waals surface area contributed by atoms with Crippen molar-refractivity contribution in [3.63, 3.8) is 0 Å². The Labute approximate surface area is 93.0 Å². The van der Waals surface area contributed by atoms with Crippen LogP contribution in [0.3, 0.4) is 0 Å². The number of nitrogens with one attached hydrogen (secondary N) is 1. The number of amides is 1. The fourth-order valence-electron chi connectivity index (χ4n) is 1.73. The maximum atomic E-state index is 11.6. The molecular weight excluding hydrogens is 204 g/mol. The van der Waals surface area contributed by atoms with E-state index in [1.807, 2.05) is 24.3 Å². The highest BCUT2D eigenvalue weighted by Crippen LogP contribution is 2.28. The molecule has 0 radical (unpaired) electrons. The Kier molecular flexibility index (Phi) is 2.74. The van der Waals surface area contributed by atoms with E-state index in [0.29, 0.717) is 5.56 Å². The van der Waals surface area contributed by atoms with Crippen molar-refractivity contribution in [2.75, 3.05) is 7.11 Å². The highest BCUT2D eigenvalue weighted by atomic mass is 16.5. The zero-order chi connectivity index (χ0) is 11.5. The molecule has 0 heterocycles. The molecule has 3 N–H and O–H groups in total. The molecule has 0 aliphatic heterocycles. The number of rotatable bonds is 2. The van der Waals surface area contributed by atoms with Gasteiger partial charge in [-0.15, -0.1) is 0 Å². The van der Waals surface area contributed by atoms with Crippen LogP contribution in [0.15, 0.2) is 36.4 Å². The maximum absolute atomic E-state index is 11.6. The molecule has 16 heavy (non-hydrogen) atoms. The molecule has 0 unspecified atom stereocenters. The number of fused-ring (bicyclic) bond motifs is 1. The Bertz CT molecular complexity index is 538. The van der Waals surface area contributed by atoms with Crippen LogP contribution in [0.5, 0.6) is 5.75 Å². The average Bonchev–Trinajstić information content (AvgIpc) is 2.36. The lowest BCUT2D eigenvalue weighted by Crippen LogP contribution is -2.30. The number of nitrogens with two attached hydrogens (primary N) is 1. The van der Waals surface area contributed by atoms with Crippen molar-refractivity contribution >= 4 is 16.7 Å². The van der Waals surface area contributed by atoms with Crippen LogP contribution in [0.1, 0.15) is 10.4 Å². The lowest BCUT2D eigenvalue weighted by Gasteiger charge is -2.09. The van der Waals surface area contributed by atoms with E-state index in [-0.39, 0.29) is 5.91 Å². The minimum Gasteiger partial charge on any atom is -0.496 e. The zero-order valence-corrected chi connectivity index (χ0v) is 8.86. The second kappa shape index (κ2) is 4.20. The van der Waals surface area contributed by atoms with Gasteiger partial charge in [0.1, 0.15) is 5.75 Å². The van der Waals surface area contributed by atoms with Crippen LogP contribution in [-0.4, -0.2) is 13.0 Å². The normalized spacial score (nSPS) is 10.1. The summed E-state index contributed by atoms with van der Waals surface area (Å²) in [5.74, 6) is 5.57. The van der Waals surface area contributed by atoms with Crippen molar-refractivity contribution < 1.29 is 9.53 Å². The Hall–Kier alpha value is -2.07. The van der Waals surface area contributed by atoms with Gasteiger partial charge >= 0.3 is 0 Å². The molecule has 0 aromatic heterocycles. The molecule has 82 valence electrons. The SMILES string of the molecule is COc1ccc(C(=O)NN)c2ccccc12. The second-order valence-electron chi connectivity index (χ2n) is 3.33. The van der Waals surface area contributed by atoms with Gasteiger partial charge in [0.15, 0.2) is 0 Å². The van der Waals surface area contributed by atoms with Crippen LogP contribution >= 0.6 is 0 Å². The first-order valence-corrected chi connectivity index (χ1v) is 4.84. The van der Waals surface area contributed by atoms with Gasteiger partial charge in [0.2, 0.25) is 0 Å². The zero-order valence-electron chi connectivity index (χ0n) is 8.86. The molecule has 0 saturated carbocycles. The molecule has 2 aromatic carbocycles. The highest BCUT2D eigenvalue weighted by molar-refractivity contribution is 6.08. The van der Waals surface area contributed by atoms with Crippen LogP contribution in [-0.2, 0) is 0 Å². The molecule has 1 amide bonds. The lowest BCUT2D eigenvalue weighted by atomic mass is 10.0. The summed E-state index contributed by atoms with van der Waals surface area (Å²) in [7, 11) is 1.60. The van der Waals surface area contributed by atoms with E-state index in [9.17, 15) is 4.79 Å². The van der Waals surface area contributed by atoms with Gasteiger partial charge in [0.25, 0.3) is 5.91 Å². The maximum Gasteiger partial charge on any atom is 0.265 e. The topological polar surface area (TPSA) is 64.3 Å². The third kappa shape index (κ3) is 1.59. The molecule has 4 nitrogen and oxygen atoms in total. The van der Waals surface area contributed by atoms with Gasteiger partial charge < -0.3 is 4.74 Å². The number of methoxy groups -OCH3 is 1. The van der Waals surface area contributed by atoms with Crippen molar-refractivity contribution in [3.05, 3.63) is 42.0 Å². The van der Waals surface area contributed by atoms with Crippen molar-refractivity contribution in [1.29, 1.82) is 0 Å². The summed E-state index contributed by atoms with van der Waals surface area (Å²) in [6, 6.07) is 11.0. The lowest BCUT2D eigenvalue weighted by molar-refractivity contribution is 0.0955. The summed E-state index contributed by atoms with van der Waals surface area (Å²) >= 11 is 0. The molecule has 0 fully saturated rings. The van der Waals surface area contributed by atoms with Gasteiger partial charge in [-0.25, -0.2) is 5.84 Å². The van der Waals surface area contributed by atoms with Gasteiger partial charge in [0, 0.05) is 10.9 Å². The quantitative estimate of drug-likeness (QED) is 0.453. The third-order valence-electron chi connectivity index (χ3n) is 2.48. The summed E-state index contributed by atoms with van der Waals surface area (Å²) in [4.78, 5) is 11.6. The molecule has 0 aliphatic rings. The number of hydrazine groups is 1. The summed E-state index contributed by atoms with van der Waals surface area (Å²) in [5.41, 5.74) is 2.67. The van der Waals surface area contributed by atoms with E-state index in [2.05, 4.69) is 5.43 Å². The van der Waals surface area contributed by atoms with E-state index in [1.54, 1.807) is 19.2 Å². The Morgan fingerprint density at radius 2 is 1.88 bits per heavy atom. The molecule has 0 saturated heterocycles. The third-order valence-corrected chi connectivity index (χ3v) is 2.48. The number of nitrogen functional groups attached to an aromatic ring is 1. The Morgan fingerprint density at radius 1 is 1.19 bits per heavy atom. The fourth-order valence-corrected chi connectivity index (χ4v) is 1.73. The van der Waals surface area contributed by atoms with Gasteiger partial charge in [0.05, 0.1) is 7.11 Å². The Balaban J connectivity index is 2.74. The monoisotopic (exact) mass is 216 g/mol. The molecule has 2 rings (SSSR count). The molecule has 0 spiro atoms. The van der Waals surface area contributed by atoms with Gasteiger partial charge in [-0.3, -0.25) is 10.2 Å². The smallest absolute Gasteiger partial charge is 0.265 e. The second-order valence-corrected chi connectivity index (χ2v) is 3.33. The van der Waals surface area contributed by atoms with Crippen molar-refractivity contribution in [2.45, 2.75) is 0 Å². The van der Waals surface area contributed by atoms with Crippen LogP contribution < -0.4 is 16.0 Å². The number of ether oxygens (including phenoxy) is 1. The number of carbonyl (C=O) groups excluding carboxylic acids is 1. The summed E-state index contributed by atoms with van der Waals surface area (Å²) in [5, 5.41) is 1.72. The van der Waals surface area contributed by atoms with Crippen molar-refractivity contribution in [3.8, 4) is 5.75 Å². The molecule has 4 heteroatoms. The van der Waals surface area contributed by atoms with Crippen LogP contribution in [0.25, 0.3) is 10.8 Å². The number of hydrogen-bond acceptors (Lipinski definition) is 3. The van der Waals surface area contributed by atoms with Gasteiger partial charge in [-0.05, 0) is 17.5 Å².